The van der Waals surface area contributed by atoms with Gasteiger partial charge in [-0.1, -0.05) is 35.9 Å². The topological polar surface area (TPSA) is 46.5 Å². The molecule has 0 heterocycles. The molecule has 0 unspecified atom stereocenters. The first-order chi connectivity index (χ1) is 12.1. The fourth-order valence-corrected chi connectivity index (χ4v) is 2.51. The van der Waals surface area contributed by atoms with E-state index in [0.29, 0.717) is 40.4 Å². The zero-order valence-corrected chi connectivity index (χ0v) is 13.8. The average Bonchev–Trinajstić information content (AvgIpc) is 2.63. The van der Waals surface area contributed by atoms with Crippen LogP contribution in [-0.4, -0.2) is 11.4 Å². The molecule has 0 saturated carbocycles. The number of phenolic OH excluding ortho intramolecular Hbond substituents is 1. The number of phenols is 1. The predicted molar refractivity (Wildman–Crippen MR) is 94.7 cm³/mol. The van der Waals surface area contributed by atoms with Crippen molar-refractivity contribution in [2.45, 2.75) is 6.61 Å². The molecule has 0 aliphatic carbocycles. The molecular formula is C20H14ClFO3. The Balaban J connectivity index is 1.82. The van der Waals surface area contributed by atoms with E-state index in [1.807, 2.05) is 12.1 Å². The van der Waals surface area contributed by atoms with E-state index < -0.39 is 11.6 Å². The third-order valence-electron chi connectivity index (χ3n) is 3.73. The number of rotatable bonds is 5. The van der Waals surface area contributed by atoms with Crippen LogP contribution in [0.25, 0.3) is 11.1 Å². The number of ether oxygens (including phenoxy) is 1. The highest BCUT2D eigenvalue weighted by Crippen LogP contribution is 2.29. The first-order valence-electron chi connectivity index (χ1n) is 7.52. The molecule has 1 N–H and O–H groups in total. The minimum atomic E-state index is -0.715. The van der Waals surface area contributed by atoms with Gasteiger partial charge in [-0.05, 0) is 53.1 Å². The number of carbonyl (C=O) groups excluding carboxylic acids is 1. The van der Waals surface area contributed by atoms with E-state index >= 15 is 0 Å². The second kappa shape index (κ2) is 7.36. The summed E-state index contributed by atoms with van der Waals surface area (Å²) in [4.78, 5) is 11.4. The molecule has 0 saturated heterocycles. The Bertz CT molecular complexity index is 907. The highest BCUT2D eigenvalue weighted by molar-refractivity contribution is 6.30. The van der Waals surface area contributed by atoms with E-state index in [2.05, 4.69) is 0 Å². The van der Waals surface area contributed by atoms with Crippen LogP contribution in [-0.2, 0) is 6.61 Å². The third-order valence-corrected chi connectivity index (χ3v) is 3.98. The van der Waals surface area contributed by atoms with Crippen molar-refractivity contribution < 1.29 is 19.0 Å². The van der Waals surface area contributed by atoms with Crippen molar-refractivity contribution in [3.05, 3.63) is 82.6 Å². The van der Waals surface area contributed by atoms with Crippen molar-refractivity contribution in [2.75, 3.05) is 0 Å². The van der Waals surface area contributed by atoms with Gasteiger partial charge in [-0.25, -0.2) is 4.39 Å². The molecule has 126 valence electrons. The van der Waals surface area contributed by atoms with E-state index in [0.717, 1.165) is 5.56 Å². The maximum Gasteiger partial charge on any atom is 0.165 e. The number of hydrogen-bond acceptors (Lipinski definition) is 3. The fraction of sp³-hybridized carbons (Fsp3) is 0.0500. The van der Waals surface area contributed by atoms with Crippen LogP contribution in [0.1, 0.15) is 15.9 Å². The van der Waals surface area contributed by atoms with Crippen LogP contribution in [0.5, 0.6) is 11.5 Å². The van der Waals surface area contributed by atoms with Gasteiger partial charge in [0.2, 0.25) is 0 Å². The Morgan fingerprint density at radius 2 is 1.68 bits per heavy atom. The summed E-state index contributed by atoms with van der Waals surface area (Å²) in [5.41, 5.74) is 2.49. The second-order valence-electron chi connectivity index (χ2n) is 5.45. The highest BCUT2D eigenvalue weighted by Gasteiger charge is 2.09. The first-order valence-corrected chi connectivity index (χ1v) is 7.90. The third kappa shape index (κ3) is 3.98. The highest BCUT2D eigenvalue weighted by atomic mass is 35.5. The summed E-state index contributed by atoms with van der Waals surface area (Å²) in [6.07, 6.45) is 0.692. The van der Waals surface area contributed by atoms with Crippen LogP contribution < -0.4 is 4.74 Å². The van der Waals surface area contributed by atoms with E-state index in [1.165, 1.54) is 12.1 Å². The Hall–Kier alpha value is -2.85. The molecule has 3 rings (SSSR count). The quantitative estimate of drug-likeness (QED) is 0.635. The molecule has 25 heavy (non-hydrogen) atoms. The SMILES string of the molecule is O=Cc1cc(-c2ccc(O)c(F)c2)ccc1OCc1ccc(Cl)cc1. The molecule has 0 fully saturated rings. The summed E-state index contributed by atoms with van der Waals surface area (Å²) in [7, 11) is 0. The number of hydrogen-bond donors (Lipinski definition) is 1. The molecular weight excluding hydrogens is 343 g/mol. The molecule has 0 amide bonds. The Morgan fingerprint density at radius 3 is 2.36 bits per heavy atom. The lowest BCUT2D eigenvalue weighted by molar-refractivity contribution is 0.111. The van der Waals surface area contributed by atoms with E-state index in [-0.39, 0.29) is 0 Å². The predicted octanol–water partition coefficient (Wildman–Crippen LogP) is 5.24. The monoisotopic (exact) mass is 356 g/mol. The van der Waals surface area contributed by atoms with Crippen LogP contribution in [0.4, 0.5) is 4.39 Å². The molecule has 5 heteroatoms. The number of aldehydes is 1. The van der Waals surface area contributed by atoms with Crippen LogP contribution in [0.2, 0.25) is 5.02 Å². The summed E-state index contributed by atoms with van der Waals surface area (Å²) in [6.45, 7) is 0.297. The van der Waals surface area contributed by atoms with Crippen LogP contribution in [0, 0.1) is 5.82 Å². The molecule has 3 aromatic rings. The lowest BCUT2D eigenvalue weighted by Crippen LogP contribution is -1.98. The van der Waals surface area contributed by atoms with E-state index in [4.69, 9.17) is 16.3 Å². The summed E-state index contributed by atoms with van der Waals surface area (Å²) in [5.74, 6) is -0.691. The van der Waals surface area contributed by atoms with Gasteiger partial charge in [-0.15, -0.1) is 0 Å². The molecule has 0 aliphatic heterocycles. The average molecular weight is 357 g/mol. The zero-order valence-electron chi connectivity index (χ0n) is 13.1. The van der Waals surface area contributed by atoms with Gasteiger partial charge >= 0.3 is 0 Å². The molecule has 0 bridgehead atoms. The molecule has 0 aromatic heterocycles. The Kier molecular flexibility index (Phi) is 5.00. The van der Waals surface area contributed by atoms with Crippen LogP contribution in [0.3, 0.4) is 0 Å². The van der Waals surface area contributed by atoms with Crippen molar-refractivity contribution in [3.8, 4) is 22.6 Å². The minimum Gasteiger partial charge on any atom is -0.505 e. The molecule has 0 atom stereocenters. The van der Waals surface area contributed by atoms with Crippen LogP contribution >= 0.6 is 11.6 Å². The largest absolute Gasteiger partial charge is 0.505 e. The number of carbonyl (C=O) groups is 1. The van der Waals surface area contributed by atoms with Gasteiger partial charge in [0.15, 0.2) is 17.9 Å². The number of halogens is 2. The van der Waals surface area contributed by atoms with Crippen LogP contribution in [0.15, 0.2) is 60.7 Å². The lowest BCUT2D eigenvalue weighted by Gasteiger charge is -2.11. The normalized spacial score (nSPS) is 10.5. The second-order valence-corrected chi connectivity index (χ2v) is 5.89. The number of benzene rings is 3. The summed E-state index contributed by atoms with van der Waals surface area (Å²) in [5, 5.41) is 9.91. The molecule has 0 spiro atoms. The van der Waals surface area contributed by atoms with Crippen molar-refractivity contribution in [1.82, 2.24) is 0 Å². The van der Waals surface area contributed by atoms with E-state index in [9.17, 15) is 14.3 Å². The van der Waals surface area contributed by atoms with Gasteiger partial charge in [0.25, 0.3) is 0 Å². The molecule has 0 aliphatic rings. The van der Waals surface area contributed by atoms with Gasteiger partial charge in [0, 0.05) is 5.02 Å². The smallest absolute Gasteiger partial charge is 0.165 e. The first kappa shape index (κ1) is 17.0. The van der Waals surface area contributed by atoms with E-state index in [1.54, 1.807) is 36.4 Å². The Morgan fingerprint density at radius 1 is 1.00 bits per heavy atom. The summed E-state index contributed by atoms with van der Waals surface area (Å²) in [6, 6.07) is 16.3. The van der Waals surface area contributed by atoms with Crippen molar-refractivity contribution >= 4 is 17.9 Å². The van der Waals surface area contributed by atoms with Gasteiger partial charge in [-0.3, -0.25) is 4.79 Å². The fourth-order valence-electron chi connectivity index (χ4n) is 2.38. The van der Waals surface area contributed by atoms with Gasteiger partial charge < -0.3 is 9.84 Å². The standard InChI is InChI=1S/C20H14ClFO3/c21-17-5-1-13(2-6-17)12-25-20-8-4-14(9-16(20)11-23)15-3-7-19(24)18(22)10-15/h1-11,24H,12H2. The van der Waals surface area contributed by atoms with Crippen molar-refractivity contribution in [1.29, 1.82) is 0 Å². The molecule has 3 aromatic carbocycles. The summed E-state index contributed by atoms with van der Waals surface area (Å²) >= 11 is 5.84. The lowest BCUT2D eigenvalue weighted by atomic mass is 10.0. The van der Waals surface area contributed by atoms with Gasteiger partial charge in [-0.2, -0.15) is 0 Å². The maximum absolute atomic E-state index is 13.5. The minimum absolute atomic E-state index is 0.297. The van der Waals surface area contributed by atoms with Gasteiger partial charge in [0.05, 0.1) is 5.56 Å². The van der Waals surface area contributed by atoms with Gasteiger partial charge in [0.1, 0.15) is 12.4 Å². The van der Waals surface area contributed by atoms with Crippen molar-refractivity contribution in [3.63, 3.8) is 0 Å². The molecule has 3 nitrogen and oxygen atoms in total. The maximum atomic E-state index is 13.5. The zero-order chi connectivity index (χ0) is 17.8. The number of aromatic hydroxyl groups is 1. The van der Waals surface area contributed by atoms with Crippen molar-refractivity contribution in [2.24, 2.45) is 0 Å². The summed E-state index contributed by atoms with van der Waals surface area (Å²) < 4.78 is 19.2. The Labute approximate surface area is 149 Å². The molecule has 0 radical (unpaired) electrons.